The maximum atomic E-state index is 0. The molecule has 0 fully saturated rings. The second-order valence-electron chi connectivity index (χ2n) is 0. The first-order valence-corrected chi connectivity index (χ1v) is 0. The van der Waals surface area contributed by atoms with E-state index in [1.165, 1.54) is 0 Å². The zero-order valence-corrected chi connectivity index (χ0v) is 9.20. The molecule has 4 heteroatoms. The molecule has 0 atom stereocenters. The van der Waals surface area contributed by atoms with Crippen molar-refractivity contribution in [2.24, 2.45) is 0 Å². The summed E-state index contributed by atoms with van der Waals surface area (Å²) in [6.45, 7) is 0. The van der Waals surface area contributed by atoms with Crippen molar-refractivity contribution in [1.29, 1.82) is 0 Å². The van der Waals surface area contributed by atoms with Gasteiger partial charge in [-0.2, -0.15) is 0 Å². The molecule has 0 nitrogen and oxygen atoms in total. The Balaban J connectivity index is 0. The van der Waals surface area contributed by atoms with Crippen molar-refractivity contribution in [1.82, 2.24) is 0 Å². The van der Waals surface area contributed by atoms with Crippen LogP contribution in [-0.4, -0.2) is 16.8 Å². The van der Waals surface area contributed by atoms with Gasteiger partial charge in [-0.05, 0) is 0 Å². The molecule has 0 aliphatic rings. The van der Waals surface area contributed by atoms with Gasteiger partial charge in [0.05, 0.1) is 0 Å². The summed E-state index contributed by atoms with van der Waals surface area (Å²) in [6.07, 6.45) is 0. The molecule has 0 amide bonds. The van der Waals surface area contributed by atoms with Crippen LogP contribution in [0.15, 0.2) is 0 Å². The molecule has 0 aliphatic carbocycles. The average molecular weight is 253 g/mol. The van der Waals surface area contributed by atoms with Crippen LogP contribution in [0.3, 0.4) is 0 Å². The molecule has 1 radical (unpaired) electrons. The van der Waals surface area contributed by atoms with Crippen LogP contribution < -0.4 is 29.6 Å². The Morgan fingerprint density at radius 1 is 0.750 bits per heavy atom. The van der Waals surface area contributed by atoms with E-state index in [-0.39, 0.29) is 74.1 Å². The molecule has 4 heavy (non-hydrogen) atoms. The predicted octanol–water partition coefficient (Wildman–Crippen LogP) is -5.90. The van der Waals surface area contributed by atoms with Gasteiger partial charge in [0.15, 0.2) is 0 Å². The Hall–Kier alpha value is 2.06. The Morgan fingerprint density at radius 2 is 0.750 bits per heavy atom. The van der Waals surface area contributed by atoms with Gasteiger partial charge in [0.1, 0.15) is 0 Å². The zero-order valence-electron chi connectivity index (χ0n) is 1.71. The van der Waals surface area contributed by atoms with E-state index in [4.69, 9.17) is 0 Å². The SMILES string of the molecule is [BH4-].[BH4-].[Hg+].[Na+]. The molecular weight excluding hydrogens is 245 g/mol. The van der Waals surface area contributed by atoms with E-state index in [2.05, 4.69) is 0 Å². The first-order chi connectivity index (χ1) is 0. The maximum Gasteiger partial charge on any atom is 1.00 e. The van der Waals surface area contributed by atoms with E-state index < -0.39 is 0 Å². The van der Waals surface area contributed by atoms with E-state index in [1.807, 2.05) is 0 Å². The summed E-state index contributed by atoms with van der Waals surface area (Å²) in [5, 5.41) is 0. The number of hydrogen-bond acceptors (Lipinski definition) is 0. The molecule has 0 bridgehead atoms. The van der Waals surface area contributed by atoms with Crippen LogP contribution in [0.5, 0.6) is 0 Å². The molecule has 0 rings (SSSR count). The molecular formula is H8B2HgNa. The molecule has 0 saturated heterocycles. The van der Waals surface area contributed by atoms with Crippen molar-refractivity contribution < 1.29 is 57.2 Å². The molecule has 0 N–H and O–H groups in total. The smallest absolute Gasteiger partial charge is 0.0626 e. The minimum absolute atomic E-state index is 0. The Kier molecular flexibility index (Phi) is 179. The standard InChI is InChI=1S/2BH4.Hg.Na/h2*1H4;;/q2*-1;2*+1. The first-order valence-electron chi connectivity index (χ1n) is 0. The second-order valence-corrected chi connectivity index (χ2v) is 0. The van der Waals surface area contributed by atoms with Crippen LogP contribution in [0.25, 0.3) is 0 Å². The van der Waals surface area contributed by atoms with Crippen molar-refractivity contribution in [2.75, 3.05) is 0 Å². The monoisotopic (exact) mass is 255 g/mol. The molecule has 0 aromatic rings. The third-order valence-electron chi connectivity index (χ3n) is 0. The van der Waals surface area contributed by atoms with Crippen molar-refractivity contribution in [3.63, 3.8) is 0 Å². The van der Waals surface area contributed by atoms with Crippen molar-refractivity contribution in [3.8, 4) is 0 Å². The first kappa shape index (κ1) is 36.5. The molecule has 0 heterocycles. The predicted molar refractivity (Wildman–Crippen MR) is 22.7 cm³/mol. The fourth-order valence-electron chi connectivity index (χ4n) is 0. The molecule has 0 spiro atoms. The minimum atomic E-state index is 0. The van der Waals surface area contributed by atoms with Gasteiger partial charge in [0, 0.05) is 0 Å². The van der Waals surface area contributed by atoms with Gasteiger partial charge in [0.25, 0.3) is 0 Å². The molecule has 0 aromatic carbocycles. The van der Waals surface area contributed by atoms with Gasteiger partial charge in [-0.1, -0.05) is 16.8 Å². The Bertz CT molecular complexity index is 6.00. The van der Waals surface area contributed by atoms with Crippen LogP contribution in [0.2, 0.25) is 0 Å². The van der Waals surface area contributed by atoms with E-state index in [9.17, 15) is 0 Å². The molecule has 0 saturated carbocycles. The molecule has 17 valence electrons. The van der Waals surface area contributed by atoms with Crippen LogP contribution >= 0.6 is 0 Å². The van der Waals surface area contributed by atoms with Gasteiger partial charge in [-0.25, -0.2) is 0 Å². The Labute approximate surface area is 73.1 Å². The van der Waals surface area contributed by atoms with E-state index in [0.717, 1.165) is 0 Å². The summed E-state index contributed by atoms with van der Waals surface area (Å²) < 4.78 is 0. The summed E-state index contributed by atoms with van der Waals surface area (Å²) in [6, 6.07) is 0. The third kappa shape index (κ3) is 8.96. The zero-order chi connectivity index (χ0) is 0. The molecule has 0 aliphatic heterocycles. The summed E-state index contributed by atoms with van der Waals surface area (Å²) in [4.78, 5) is 0. The Morgan fingerprint density at radius 3 is 0.750 bits per heavy atom. The van der Waals surface area contributed by atoms with Crippen molar-refractivity contribution in [2.45, 2.75) is 0 Å². The normalized spacial score (nSPS) is 0. The van der Waals surface area contributed by atoms with E-state index in [0.29, 0.717) is 0 Å². The maximum absolute atomic E-state index is 0. The number of hydrogen-bond donors (Lipinski definition) is 0. The van der Waals surface area contributed by atoms with Crippen LogP contribution in [-0.2, 0) is 27.7 Å². The van der Waals surface area contributed by atoms with Gasteiger partial charge < -0.3 is 0 Å². The van der Waals surface area contributed by atoms with Crippen molar-refractivity contribution in [3.05, 3.63) is 0 Å². The van der Waals surface area contributed by atoms with Gasteiger partial charge in [0.2, 0.25) is 0 Å². The van der Waals surface area contributed by atoms with Crippen LogP contribution in [0.1, 0.15) is 0 Å². The number of rotatable bonds is 0. The molecule has 0 unspecified atom stereocenters. The minimum Gasteiger partial charge on any atom is -0.0626 e. The summed E-state index contributed by atoms with van der Waals surface area (Å²) >= 11 is 0. The van der Waals surface area contributed by atoms with Crippen molar-refractivity contribution >= 4 is 16.8 Å². The van der Waals surface area contributed by atoms with Crippen LogP contribution in [0.4, 0.5) is 0 Å². The summed E-state index contributed by atoms with van der Waals surface area (Å²) in [5.74, 6) is 0. The topological polar surface area (TPSA) is 0 Å². The third-order valence-corrected chi connectivity index (χ3v) is 0. The van der Waals surface area contributed by atoms with E-state index in [1.54, 1.807) is 0 Å². The average Bonchev–Trinajstić information content (AvgIpc) is 0. The molecule has 0 aromatic heterocycles. The fraction of sp³-hybridized carbons (Fsp3) is 0. The largest absolute Gasteiger partial charge is 1.00 e. The summed E-state index contributed by atoms with van der Waals surface area (Å²) in [7, 11) is 0. The van der Waals surface area contributed by atoms with E-state index >= 15 is 0 Å². The van der Waals surface area contributed by atoms with Gasteiger partial charge in [-0.15, -0.1) is 0 Å². The summed E-state index contributed by atoms with van der Waals surface area (Å²) in [5.41, 5.74) is 0. The quantitative estimate of drug-likeness (QED) is 0.377. The fourth-order valence-corrected chi connectivity index (χ4v) is 0. The van der Waals surface area contributed by atoms with Gasteiger partial charge >= 0.3 is 57.2 Å². The van der Waals surface area contributed by atoms with Crippen LogP contribution in [0, 0.1) is 0 Å². The second kappa shape index (κ2) is 19.6. The van der Waals surface area contributed by atoms with Gasteiger partial charge in [-0.3, -0.25) is 0 Å².